The minimum atomic E-state index is -0.113. The van der Waals surface area contributed by atoms with Crippen LogP contribution in [0.15, 0.2) is 12.7 Å². The fraction of sp³-hybridized carbons (Fsp3) is 0.769. The lowest BCUT2D eigenvalue weighted by Gasteiger charge is -2.23. The van der Waals surface area contributed by atoms with Crippen molar-refractivity contribution >= 4 is 5.91 Å². The molecule has 0 spiro atoms. The van der Waals surface area contributed by atoms with E-state index in [4.69, 9.17) is 0 Å². The molecule has 92 valence electrons. The lowest BCUT2D eigenvalue weighted by Crippen LogP contribution is -2.47. The minimum Gasteiger partial charge on any atom is -0.351 e. The first-order chi connectivity index (χ1) is 7.56. The summed E-state index contributed by atoms with van der Waals surface area (Å²) in [6.45, 7) is 10.6. The van der Waals surface area contributed by atoms with Gasteiger partial charge in [-0.25, -0.2) is 0 Å². The molecule has 0 radical (unpaired) electrons. The Morgan fingerprint density at radius 3 is 2.69 bits per heavy atom. The molecule has 1 fully saturated rings. The second kappa shape index (κ2) is 6.04. The average molecular weight is 224 g/mol. The van der Waals surface area contributed by atoms with Crippen molar-refractivity contribution in [1.29, 1.82) is 0 Å². The maximum atomic E-state index is 11.7. The average Bonchev–Trinajstić information content (AvgIpc) is 2.57. The number of hydrogen-bond donors (Lipinski definition) is 2. The third-order valence-electron chi connectivity index (χ3n) is 3.74. The van der Waals surface area contributed by atoms with Crippen molar-refractivity contribution < 1.29 is 4.79 Å². The molecule has 1 amide bonds. The summed E-state index contributed by atoms with van der Waals surface area (Å²) in [6.07, 6.45) is 4.14. The van der Waals surface area contributed by atoms with E-state index >= 15 is 0 Å². The summed E-state index contributed by atoms with van der Waals surface area (Å²) in [5.74, 6) is 1.49. The van der Waals surface area contributed by atoms with Crippen LogP contribution in [-0.2, 0) is 4.79 Å². The van der Waals surface area contributed by atoms with Gasteiger partial charge in [-0.3, -0.25) is 4.79 Å². The Hall–Kier alpha value is -0.830. The highest BCUT2D eigenvalue weighted by Gasteiger charge is 2.31. The van der Waals surface area contributed by atoms with Gasteiger partial charge in [0.1, 0.15) is 0 Å². The number of carbonyl (C=O) groups is 1. The van der Waals surface area contributed by atoms with Gasteiger partial charge in [0.05, 0.1) is 6.04 Å². The fourth-order valence-electron chi connectivity index (χ4n) is 2.32. The van der Waals surface area contributed by atoms with Gasteiger partial charge in [0.2, 0.25) is 5.91 Å². The van der Waals surface area contributed by atoms with E-state index < -0.39 is 0 Å². The lowest BCUT2D eigenvalue weighted by molar-refractivity contribution is -0.122. The van der Waals surface area contributed by atoms with Gasteiger partial charge in [0, 0.05) is 12.6 Å². The molecule has 3 heteroatoms. The summed E-state index contributed by atoms with van der Waals surface area (Å²) in [7, 11) is 0. The molecule has 0 bridgehead atoms. The van der Waals surface area contributed by atoms with Gasteiger partial charge in [-0.15, -0.1) is 6.58 Å². The number of amides is 1. The van der Waals surface area contributed by atoms with Gasteiger partial charge >= 0.3 is 0 Å². The van der Waals surface area contributed by atoms with E-state index in [-0.39, 0.29) is 11.9 Å². The summed E-state index contributed by atoms with van der Waals surface area (Å²) >= 11 is 0. The van der Waals surface area contributed by atoms with Crippen molar-refractivity contribution in [2.75, 3.05) is 6.54 Å². The molecule has 1 rings (SSSR count). The van der Waals surface area contributed by atoms with E-state index in [1.807, 2.05) is 6.92 Å². The topological polar surface area (TPSA) is 41.1 Å². The van der Waals surface area contributed by atoms with Crippen LogP contribution in [0.3, 0.4) is 0 Å². The zero-order valence-corrected chi connectivity index (χ0v) is 10.6. The zero-order chi connectivity index (χ0) is 12.1. The molecule has 0 heterocycles. The Labute approximate surface area is 98.7 Å². The first kappa shape index (κ1) is 13.2. The van der Waals surface area contributed by atoms with E-state index in [1.54, 1.807) is 6.08 Å². The smallest absolute Gasteiger partial charge is 0.237 e. The molecule has 0 aromatic heterocycles. The molecule has 0 aromatic carbocycles. The van der Waals surface area contributed by atoms with Crippen molar-refractivity contribution in [2.45, 2.75) is 45.7 Å². The van der Waals surface area contributed by atoms with Crippen molar-refractivity contribution in [1.82, 2.24) is 10.6 Å². The van der Waals surface area contributed by atoms with Gasteiger partial charge in [0.15, 0.2) is 0 Å². The van der Waals surface area contributed by atoms with Crippen LogP contribution in [0.5, 0.6) is 0 Å². The molecule has 0 saturated heterocycles. The summed E-state index contributed by atoms with van der Waals surface area (Å²) in [4.78, 5) is 11.7. The summed E-state index contributed by atoms with van der Waals surface area (Å²) in [5.41, 5.74) is 0. The molecule has 3 nitrogen and oxygen atoms in total. The summed E-state index contributed by atoms with van der Waals surface area (Å²) in [6, 6.07) is 0.372. The molecular weight excluding hydrogens is 200 g/mol. The van der Waals surface area contributed by atoms with Gasteiger partial charge in [-0.1, -0.05) is 19.9 Å². The van der Waals surface area contributed by atoms with Gasteiger partial charge in [-0.2, -0.15) is 0 Å². The quantitative estimate of drug-likeness (QED) is 0.698. The van der Waals surface area contributed by atoms with Crippen LogP contribution in [0.2, 0.25) is 0 Å². The second-order valence-electron chi connectivity index (χ2n) is 4.94. The first-order valence-electron chi connectivity index (χ1n) is 6.21. The van der Waals surface area contributed by atoms with Crippen LogP contribution < -0.4 is 10.6 Å². The largest absolute Gasteiger partial charge is 0.351 e. The Morgan fingerprint density at radius 2 is 2.19 bits per heavy atom. The molecule has 2 N–H and O–H groups in total. The van der Waals surface area contributed by atoms with Gasteiger partial charge in [-0.05, 0) is 31.6 Å². The molecule has 1 saturated carbocycles. The molecule has 0 aliphatic heterocycles. The Morgan fingerprint density at radius 1 is 1.50 bits per heavy atom. The van der Waals surface area contributed by atoms with E-state index in [0.717, 1.165) is 5.92 Å². The number of carbonyl (C=O) groups excluding carboxylic acids is 1. The molecule has 4 atom stereocenters. The van der Waals surface area contributed by atoms with Crippen molar-refractivity contribution in [2.24, 2.45) is 11.8 Å². The molecular formula is C13H24N2O. The normalized spacial score (nSPS) is 31.1. The highest BCUT2D eigenvalue weighted by molar-refractivity contribution is 5.81. The molecule has 1 aliphatic rings. The highest BCUT2D eigenvalue weighted by Crippen LogP contribution is 2.31. The van der Waals surface area contributed by atoms with Crippen LogP contribution >= 0.6 is 0 Å². The number of hydrogen-bond acceptors (Lipinski definition) is 2. The monoisotopic (exact) mass is 224 g/mol. The standard InChI is InChI=1S/C13H24N2O/c1-5-8-14-13(16)11(4)15-12-7-6-9(2)10(12)3/h5,9-12,15H,1,6-8H2,2-4H3,(H,14,16). The van der Waals surface area contributed by atoms with Crippen LogP contribution in [0, 0.1) is 11.8 Å². The summed E-state index contributed by atoms with van der Waals surface area (Å²) < 4.78 is 0. The van der Waals surface area contributed by atoms with Crippen LogP contribution in [0.25, 0.3) is 0 Å². The Balaban J connectivity index is 2.36. The SMILES string of the molecule is C=CCNC(=O)C(C)NC1CCC(C)C1C. The summed E-state index contributed by atoms with van der Waals surface area (Å²) in [5, 5.41) is 6.23. The molecule has 16 heavy (non-hydrogen) atoms. The number of nitrogens with one attached hydrogen (secondary N) is 2. The van der Waals surface area contributed by atoms with E-state index in [2.05, 4.69) is 31.1 Å². The van der Waals surface area contributed by atoms with Crippen molar-refractivity contribution in [3.8, 4) is 0 Å². The van der Waals surface area contributed by atoms with Crippen LogP contribution in [0.1, 0.15) is 33.6 Å². The lowest BCUT2D eigenvalue weighted by atomic mass is 9.97. The van der Waals surface area contributed by atoms with Crippen LogP contribution in [-0.4, -0.2) is 24.5 Å². The Kier molecular flexibility index (Phi) is 5.00. The molecule has 1 aliphatic carbocycles. The molecule has 4 unspecified atom stereocenters. The number of rotatable bonds is 5. The van der Waals surface area contributed by atoms with Gasteiger partial charge < -0.3 is 10.6 Å². The first-order valence-corrected chi connectivity index (χ1v) is 6.21. The maximum Gasteiger partial charge on any atom is 0.237 e. The Bertz CT molecular complexity index is 252. The predicted octanol–water partition coefficient (Wildman–Crippen LogP) is 1.70. The van der Waals surface area contributed by atoms with E-state index in [1.165, 1.54) is 12.8 Å². The molecule has 0 aromatic rings. The second-order valence-corrected chi connectivity index (χ2v) is 4.94. The third kappa shape index (κ3) is 3.34. The van der Waals surface area contributed by atoms with E-state index in [0.29, 0.717) is 18.5 Å². The van der Waals surface area contributed by atoms with Crippen molar-refractivity contribution in [3.05, 3.63) is 12.7 Å². The highest BCUT2D eigenvalue weighted by atomic mass is 16.2. The predicted molar refractivity (Wildman–Crippen MR) is 67.2 cm³/mol. The maximum absolute atomic E-state index is 11.7. The fourth-order valence-corrected chi connectivity index (χ4v) is 2.32. The zero-order valence-electron chi connectivity index (χ0n) is 10.6. The van der Waals surface area contributed by atoms with Crippen molar-refractivity contribution in [3.63, 3.8) is 0 Å². The van der Waals surface area contributed by atoms with E-state index in [9.17, 15) is 4.79 Å². The van der Waals surface area contributed by atoms with Gasteiger partial charge in [0.25, 0.3) is 0 Å². The van der Waals surface area contributed by atoms with Crippen LogP contribution in [0.4, 0.5) is 0 Å². The third-order valence-corrected chi connectivity index (χ3v) is 3.74. The minimum absolute atomic E-state index is 0.0617.